The van der Waals surface area contributed by atoms with Crippen molar-refractivity contribution in [2.45, 2.75) is 44.8 Å². The van der Waals surface area contributed by atoms with Crippen molar-refractivity contribution in [2.24, 2.45) is 0 Å². The second-order valence-electron chi connectivity index (χ2n) is 5.05. The van der Waals surface area contributed by atoms with Crippen molar-refractivity contribution < 1.29 is 14.6 Å². The largest absolute Gasteiger partial charge is 0.480 e. The average molecular weight is 263 g/mol. The molecule has 1 aliphatic heterocycles. The molecule has 1 aliphatic rings. The molecule has 0 radical (unpaired) electrons. The molecule has 1 aromatic carbocycles. The fraction of sp³-hybridized carbons (Fsp3) is 0.533. The number of hydrogen-bond donors (Lipinski definition) is 2. The number of hydrogen-bond acceptors (Lipinski definition) is 3. The van der Waals surface area contributed by atoms with Crippen LogP contribution in [0.1, 0.15) is 38.2 Å². The van der Waals surface area contributed by atoms with Gasteiger partial charge in [0.25, 0.3) is 5.91 Å². The fourth-order valence-electron chi connectivity index (χ4n) is 2.40. The number of aliphatic hydroxyl groups excluding tert-OH is 1. The van der Waals surface area contributed by atoms with Crippen LogP contribution in [-0.2, 0) is 4.79 Å². The number of nitrogens with one attached hydrogen (secondary N) is 1. The molecule has 1 aromatic rings. The number of benzene rings is 1. The summed E-state index contributed by atoms with van der Waals surface area (Å²) in [5.74, 6) is 0.669. The Morgan fingerprint density at radius 2 is 2.21 bits per heavy atom. The Labute approximate surface area is 113 Å². The molecule has 4 nitrogen and oxygen atoms in total. The molecule has 1 amide bonds. The van der Waals surface area contributed by atoms with E-state index in [-0.39, 0.29) is 18.4 Å². The first-order valence-electron chi connectivity index (χ1n) is 6.84. The maximum absolute atomic E-state index is 12.1. The van der Waals surface area contributed by atoms with Crippen LogP contribution in [0.4, 0.5) is 0 Å². The quantitative estimate of drug-likeness (QED) is 0.852. The van der Waals surface area contributed by atoms with Gasteiger partial charge in [-0.25, -0.2) is 0 Å². The molecule has 0 saturated carbocycles. The summed E-state index contributed by atoms with van der Waals surface area (Å²) in [5, 5.41) is 12.4. The average Bonchev–Trinajstić information content (AvgIpc) is 2.74. The van der Waals surface area contributed by atoms with Gasteiger partial charge in [0.1, 0.15) is 5.75 Å². The number of aliphatic hydroxyl groups is 1. The molecule has 104 valence electrons. The number of rotatable bonds is 5. The number of para-hydroxylation sites is 1. The van der Waals surface area contributed by atoms with Crippen LogP contribution in [0, 0.1) is 0 Å². The molecule has 2 N–H and O–H groups in total. The van der Waals surface area contributed by atoms with Crippen molar-refractivity contribution in [3.05, 3.63) is 29.8 Å². The van der Waals surface area contributed by atoms with Crippen LogP contribution in [0.3, 0.4) is 0 Å². The standard InChI is InChI=1S/C15H21NO3/c1-3-6-11(17)9-16-15(18)14-10(2)12-7-4-5-8-13(12)19-14/h4-5,7-8,10-11,14,17H,3,6,9H2,1-2H3,(H,16,18). The third kappa shape index (κ3) is 3.07. The van der Waals surface area contributed by atoms with Gasteiger partial charge in [-0.3, -0.25) is 4.79 Å². The van der Waals surface area contributed by atoms with Gasteiger partial charge < -0.3 is 15.2 Å². The maximum Gasteiger partial charge on any atom is 0.261 e. The molecular formula is C15H21NO3. The van der Waals surface area contributed by atoms with E-state index in [0.717, 1.165) is 17.7 Å². The van der Waals surface area contributed by atoms with Gasteiger partial charge in [0.15, 0.2) is 6.10 Å². The van der Waals surface area contributed by atoms with E-state index in [1.807, 2.05) is 38.1 Å². The van der Waals surface area contributed by atoms with Crippen molar-refractivity contribution in [3.8, 4) is 5.75 Å². The summed E-state index contributed by atoms with van der Waals surface area (Å²) in [6.45, 7) is 4.28. The van der Waals surface area contributed by atoms with E-state index in [9.17, 15) is 9.90 Å². The monoisotopic (exact) mass is 263 g/mol. The van der Waals surface area contributed by atoms with Crippen molar-refractivity contribution in [1.82, 2.24) is 5.32 Å². The number of carbonyl (C=O) groups excluding carboxylic acids is 1. The highest BCUT2D eigenvalue weighted by Crippen LogP contribution is 2.37. The molecule has 2 rings (SSSR count). The third-order valence-corrected chi connectivity index (χ3v) is 3.51. The Bertz CT molecular complexity index is 447. The van der Waals surface area contributed by atoms with E-state index >= 15 is 0 Å². The van der Waals surface area contributed by atoms with Crippen molar-refractivity contribution in [3.63, 3.8) is 0 Å². The summed E-state index contributed by atoms with van der Waals surface area (Å²) < 4.78 is 5.68. The smallest absolute Gasteiger partial charge is 0.261 e. The minimum Gasteiger partial charge on any atom is -0.480 e. The second kappa shape index (κ2) is 6.06. The summed E-state index contributed by atoms with van der Waals surface area (Å²) in [4.78, 5) is 12.1. The first-order chi connectivity index (χ1) is 9.13. The number of ether oxygens (including phenoxy) is 1. The van der Waals surface area contributed by atoms with Gasteiger partial charge in [0.2, 0.25) is 0 Å². The first kappa shape index (κ1) is 13.9. The maximum atomic E-state index is 12.1. The van der Waals surface area contributed by atoms with Gasteiger partial charge in [-0.05, 0) is 12.5 Å². The molecular weight excluding hydrogens is 242 g/mol. The van der Waals surface area contributed by atoms with Gasteiger partial charge >= 0.3 is 0 Å². The van der Waals surface area contributed by atoms with Crippen LogP contribution < -0.4 is 10.1 Å². The number of carbonyl (C=O) groups is 1. The highest BCUT2D eigenvalue weighted by molar-refractivity contribution is 5.83. The lowest BCUT2D eigenvalue weighted by atomic mass is 9.97. The molecule has 3 unspecified atom stereocenters. The van der Waals surface area contributed by atoms with E-state index in [0.29, 0.717) is 6.42 Å². The highest BCUT2D eigenvalue weighted by atomic mass is 16.5. The predicted octanol–water partition coefficient (Wildman–Crippen LogP) is 1.83. The van der Waals surface area contributed by atoms with Crippen molar-refractivity contribution in [2.75, 3.05) is 6.54 Å². The van der Waals surface area contributed by atoms with E-state index in [4.69, 9.17) is 4.74 Å². The summed E-state index contributed by atoms with van der Waals surface area (Å²) in [6, 6.07) is 7.71. The van der Waals surface area contributed by atoms with Gasteiger partial charge in [-0.15, -0.1) is 0 Å². The van der Waals surface area contributed by atoms with Gasteiger partial charge in [-0.1, -0.05) is 38.5 Å². The van der Waals surface area contributed by atoms with E-state index in [1.54, 1.807) is 0 Å². The van der Waals surface area contributed by atoms with E-state index in [2.05, 4.69) is 5.32 Å². The lowest BCUT2D eigenvalue weighted by molar-refractivity contribution is -0.128. The molecule has 1 heterocycles. The highest BCUT2D eigenvalue weighted by Gasteiger charge is 2.35. The van der Waals surface area contributed by atoms with Gasteiger partial charge in [0, 0.05) is 18.0 Å². The predicted molar refractivity (Wildman–Crippen MR) is 73.2 cm³/mol. The molecule has 0 fully saturated rings. The SMILES string of the molecule is CCCC(O)CNC(=O)C1Oc2ccccc2C1C. The lowest BCUT2D eigenvalue weighted by Crippen LogP contribution is -2.42. The van der Waals surface area contributed by atoms with Crippen LogP contribution in [0.15, 0.2) is 24.3 Å². The first-order valence-corrected chi connectivity index (χ1v) is 6.84. The summed E-state index contributed by atoms with van der Waals surface area (Å²) >= 11 is 0. The molecule has 0 aromatic heterocycles. The van der Waals surface area contributed by atoms with Crippen molar-refractivity contribution in [1.29, 1.82) is 0 Å². The molecule has 4 heteroatoms. The Balaban J connectivity index is 1.92. The Hall–Kier alpha value is -1.55. The molecule has 0 spiro atoms. The molecule has 0 saturated heterocycles. The molecule has 0 aliphatic carbocycles. The molecule has 19 heavy (non-hydrogen) atoms. The van der Waals surface area contributed by atoms with Crippen LogP contribution >= 0.6 is 0 Å². The molecule has 0 bridgehead atoms. The lowest BCUT2D eigenvalue weighted by Gasteiger charge is -2.17. The van der Waals surface area contributed by atoms with E-state index < -0.39 is 12.2 Å². The minimum absolute atomic E-state index is 0.0412. The number of fused-ring (bicyclic) bond motifs is 1. The Morgan fingerprint density at radius 1 is 1.47 bits per heavy atom. The summed E-state index contributed by atoms with van der Waals surface area (Å²) in [6.07, 6.45) is 0.625. The summed E-state index contributed by atoms with van der Waals surface area (Å²) in [5.41, 5.74) is 1.07. The van der Waals surface area contributed by atoms with E-state index in [1.165, 1.54) is 0 Å². The van der Waals surface area contributed by atoms with Gasteiger partial charge in [0.05, 0.1) is 6.10 Å². The van der Waals surface area contributed by atoms with Crippen LogP contribution in [0.25, 0.3) is 0 Å². The third-order valence-electron chi connectivity index (χ3n) is 3.51. The molecule has 3 atom stereocenters. The minimum atomic E-state index is -0.494. The Morgan fingerprint density at radius 3 is 2.89 bits per heavy atom. The zero-order valence-electron chi connectivity index (χ0n) is 11.4. The zero-order chi connectivity index (χ0) is 13.8. The topological polar surface area (TPSA) is 58.6 Å². The van der Waals surface area contributed by atoms with Crippen LogP contribution in [0.2, 0.25) is 0 Å². The fourth-order valence-corrected chi connectivity index (χ4v) is 2.40. The zero-order valence-corrected chi connectivity index (χ0v) is 11.4. The normalized spacial score (nSPS) is 22.5. The summed E-state index contributed by atoms with van der Waals surface area (Å²) in [7, 11) is 0. The van der Waals surface area contributed by atoms with Crippen LogP contribution in [-0.4, -0.2) is 29.8 Å². The van der Waals surface area contributed by atoms with Crippen molar-refractivity contribution >= 4 is 5.91 Å². The number of amides is 1. The van der Waals surface area contributed by atoms with Crippen LogP contribution in [0.5, 0.6) is 5.75 Å². The second-order valence-corrected chi connectivity index (χ2v) is 5.05. The van der Waals surface area contributed by atoms with Gasteiger partial charge in [-0.2, -0.15) is 0 Å². The Kier molecular flexibility index (Phi) is 4.43.